The van der Waals surface area contributed by atoms with Crippen LogP contribution in [0.2, 0.25) is 0 Å². The molecule has 64 valence electrons. The molecule has 0 aliphatic rings. The topological polar surface area (TPSA) is 60.2 Å². The molecule has 0 unspecified atom stereocenters. The van der Waals surface area contributed by atoms with Crippen molar-refractivity contribution in [3.8, 4) is 0 Å². The second kappa shape index (κ2) is 3.98. The Morgan fingerprint density at radius 2 is 2.33 bits per heavy atom. The maximum atomic E-state index is 11.0. The average Bonchev–Trinajstić information content (AvgIpc) is 2.51. The van der Waals surface area contributed by atoms with Crippen LogP contribution in [0.3, 0.4) is 0 Å². The van der Waals surface area contributed by atoms with Gasteiger partial charge >= 0.3 is 82.5 Å². The number of alkyl halides is 1. The molecular formula is C6H4BrNO3Se. The Morgan fingerprint density at radius 1 is 1.67 bits per heavy atom. The molecule has 1 heterocycles. The third-order valence-corrected chi connectivity index (χ3v) is 3.94. The first kappa shape index (κ1) is 9.64. The zero-order chi connectivity index (χ0) is 9.14. The van der Waals surface area contributed by atoms with Crippen molar-refractivity contribution in [3.63, 3.8) is 0 Å². The molecule has 12 heavy (non-hydrogen) atoms. The van der Waals surface area contributed by atoms with Crippen molar-refractivity contribution in [2.75, 3.05) is 5.33 Å². The van der Waals surface area contributed by atoms with Gasteiger partial charge in [0, 0.05) is 0 Å². The van der Waals surface area contributed by atoms with Gasteiger partial charge in [0.05, 0.1) is 0 Å². The van der Waals surface area contributed by atoms with Crippen molar-refractivity contribution in [1.29, 1.82) is 0 Å². The van der Waals surface area contributed by atoms with Crippen LogP contribution in [0.4, 0.5) is 4.56 Å². The van der Waals surface area contributed by atoms with Gasteiger partial charge in [-0.2, -0.15) is 0 Å². The minimum atomic E-state index is -0.439. The zero-order valence-corrected chi connectivity index (χ0v) is 9.12. The molecule has 0 saturated heterocycles. The number of ketones is 1. The van der Waals surface area contributed by atoms with E-state index in [2.05, 4.69) is 15.9 Å². The molecule has 0 radical (unpaired) electrons. The van der Waals surface area contributed by atoms with Gasteiger partial charge in [-0.3, -0.25) is 0 Å². The molecule has 0 aliphatic heterocycles. The number of rotatable bonds is 3. The SMILES string of the molecule is O=C(CBr)c1ccc([N+](=O)[O-])[se]1. The van der Waals surface area contributed by atoms with Gasteiger partial charge in [0.15, 0.2) is 0 Å². The molecule has 6 heteroatoms. The second-order valence-electron chi connectivity index (χ2n) is 1.95. The quantitative estimate of drug-likeness (QED) is 0.277. The van der Waals surface area contributed by atoms with Crippen LogP contribution >= 0.6 is 15.9 Å². The number of nitro groups is 1. The molecule has 0 fully saturated rings. The van der Waals surface area contributed by atoms with Crippen LogP contribution in [0, 0.1) is 10.1 Å². The van der Waals surface area contributed by atoms with E-state index in [0.29, 0.717) is 4.44 Å². The Balaban J connectivity index is 2.91. The average molecular weight is 297 g/mol. The molecule has 0 N–H and O–H groups in total. The van der Waals surface area contributed by atoms with Gasteiger partial charge in [-0.25, -0.2) is 0 Å². The van der Waals surface area contributed by atoms with Gasteiger partial charge < -0.3 is 0 Å². The second-order valence-corrected chi connectivity index (χ2v) is 4.74. The first-order chi connectivity index (χ1) is 5.65. The Bertz CT molecular complexity index is 322. The van der Waals surface area contributed by atoms with E-state index in [0.717, 1.165) is 0 Å². The molecule has 1 rings (SSSR count). The van der Waals surface area contributed by atoms with Crippen molar-refractivity contribution in [1.82, 2.24) is 0 Å². The molecule has 4 nitrogen and oxygen atoms in total. The van der Waals surface area contributed by atoms with Gasteiger partial charge in [-0.05, 0) is 0 Å². The number of halogens is 1. The van der Waals surface area contributed by atoms with E-state index in [4.69, 9.17) is 0 Å². The predicted octanol–water partition coefficient (Wildman–Crippen LogP) is 1.23. The van der Waals surface area contributed by atoms with Crippen LogP contribution in [-0.2, 0) is 0 Å². The zero-order valence-electron chi connectivity index (χ0n) is 5.82. The van der Waals surface area contributed by atoms with Crippen molar-refractivity contribution in [2.45, 2.75) is 0 Å². The summed E-state index contributed by atoms with van der Waals surface area (Å²) in [6.45, 7) is 0. The monoisotopic (exact) mass is 297 g/mol. The molecule has 0 amide bonds. The van der Waals surface area contributed by atoms with Crippen molar-refractivity contribution in [2.24, 2.45) is 0 Å². The number of hydrogen-bond donors (Lipinski definition) is 0. The standard InChI is InChI=1S/C6H4BrNO3Se/c7-3-4(9)5-1-2-6(12-5)8(10)11/h1-2H,3H2. The third kappa shape index (κ3) is 2.03. The number of Topliss-reactive ketones (excluding diaryl/α,β-unsaturated/α-hetero) is 1. The predicted molar refractivity (Wildman–Crippen MR) is 48.2 cm³/mol. The Kier molecular flexibility index (Phi) is 3.20. The molecule has 0 aromatic carbocycles. The van der Waals surface area contributed by atoms with E-state index < -0.39 is 19.4 Å². The van der Waals surface area contributed by atoms with E-state index in [1.54, 1.807) is 0 Å². The molecule has 0 atom stereocenters. The van der Waals surface area contributed by atoms with Gasteiger partial charge in [0.25, 0.3) is 0 Å². The van der Waals surface area contributed by atoms with Crippen LogP contribution in [0.1, 0.15) is 9.23 Å². The normalized spacial score (nSPS) is 9.75. The Hall–Kier alpha value is -0.451. The van der Waals surface area contributed by atoms with Gasteiger partial charge in [-0.15, -0.1) is 0 Å². The van der Waals surface area contributed by atoms with Gasteiger partial charge in [0.2, 0.25) is 0 Å². The van der Waals surface area contributed by atoms with Crippen LogP contribution in [-0.4, -0.2) is 30.5 Å². The molecule has 1 aromatic rings. The summed E-state index contributed by atoms with van der Waals surface area (Å²) in [7, 11) is 0. The number of nitrogens with zero attached hydrogens (tertiary/aromatic N) is 1. The molecule has 0 bridgehead atoms. The Morgan fingerprint density at radius 3 is 2.75 bits per heavy atom. The third-order valence-electron chi connectivity index (χ3n) is 1.17. The maximum absolute atomic E-state index is 11.0. The summed E-state index contributed by atoms with van der Waals surface area (Å²) in [5.74, 6) is -0.0666. The summed E-state index contributed by atoms with van der Waals surface area (Å²) >= 11 is 2.60. The number of carbonyl (C=O) groups is 1. The fraction of sp³-hybridized carbons (Fsp3) is 0.167. The summed E-state index contributed by atoms with van der Waals surface area (Å²) in [5.41, 5.74) is 0. The minimum absolute atomic E-state index is 0.0666. The van der Waals surface area contributed by atoms with Crippen molar-refractivity contribution >= 4 is 40.8 Å². The fourth-order valence-corrected chi connectivity index (χ4v) is 2.95. The summed E-state index contributed by atoms with van der Waals surface area (Å²) in [6, 6.07) is 2.93. The number of hydrogen-bond acceptors (Lipinski definition) is 3. The summed E-state index contributed by atoms with van der Waals surface area (Å²) in [5, 5.41) is 10.5. The summed E-state index contributed by atoms with van der Waals surface area (Å²) in [6.07, 6.45) is 0. The van der Waals surface area contributed by atoms with Crippen LogP contribution < -0.4 is 0 Å². The fourth-order valence-electron chi connectivity index (χ4n) is 0.642. The molecule has 0 saturated carbocycles. The summed E-state index contributed by atoms with van der Waals surface area (Å²) < 4.78 is 0.706. The molecule has 1 aromatic heterocycles. The first-order valence-electron chi connectivity index (χ1n) is 2.98. The van der Waals surface area contributed by atoms with E-state index in [-0.39, 0.29) is 15.7 Å². The molecule has 0 aliphatic carbocycles. The van der Waals surface area contributed by atoms with Crippen LogP contribution in [0.5, 0.6) is 0 Å². The van der Waals surface area contributed by atoms with Crippen molar-refractivity contribution < 1.29 is 9.72 Å². The van der Waals surface area contributed by atoms with E-state index in [1.807, 2.05) is 0 Å². The van der Waals surface area contributed by atoms with Crippen LogP contribution in [0.15, 0.2) is 12.1 Å². The van der Waals surface area contributed by atoms with E-state index >= 15 is 0 Å². The molecular weight excluding hydrogens is 293 g/mol. The van der Waals surface area contributed by atoms with Gasteiger partial charge in [0.1, 0.15) is 0 Å². The van der Waals surface area contributed by atoms with Crippen LogP contribution in [0.25, 0.3) is 0 Å². The van der Waals surface area contributed by atoms with E-state index in [1.165, 1.54) is 12.1 Å². The van der Waals surface area contributed by atoms with E-state index in [9.17, 15) is 14.9 Å². The molecule has 0 spiro atoms. The first-order valence-corrected chi connectivity index (χ1v) is 5.82. The summed E-state index contributed by atoms with van der Waals surface area (Å²) in [4.78, 5) is 20.8. The van der Waals surface area contributed by atoms with Crippen molar-refractivity contribution in [3.05, 3.63) is 26.7 Å². The number of carbonyl (C=O) groups excluding carboxylic acids is 1. The van der Waals surface area contributed by atoms with Gasteiger partial charge in [-0.1, -0.05) is 0 Å². The Labute approximate surface area is 82.6 Å².